The predicted molar refractivity (Wildman–Crippen MR) is 103 cm³/mol. The van der Waals surface area contributed by atoms with Crippen LogP contribution in [0.5, 0.6) is 5.75 Å². The van der Waals surface area contributed by atoms with Crippen LogP contribution >= 0.6 is 23.2 Å². The molecule has 0 spiro atoms. The van der Waals surface area contributed by atoms with E-state index in [1.807, 2.05) is 6.92 Å². The van der Waals surface area contributed by atoms with Gasteiger partial charge < -0.3 is 4.74 Å². The van der Waals surface area contributed by atoms with Gasteiger partial charge in [-0.05, 0) is 67.6 Å². The zero-order valence-electron chi connectivity index (χ0n) is 14.6. The fourth-order valence-corrected chi connectivity index (χ4v) is 4.94. The summed E-state index contributed by atoms with van der Waals surface area (Å²) in [5.74, 6) is 0.678. The summed E-state index contributed by atoms with van der Waals surface area (Å²) in [7, 11) is -2.09. The molecule has 2 rings (SSSR count). The lowest BCUT2D eigenvalue weighted by atomic mass is 10.1. The molecule has 1 N–H and O–H groups in total. The zero-order chi connectivity index (χ0) is 18.8. The van der Waals surface area contributed by atoms with E-state index in [1.54, 1.807) is 45.2 Å². The van der Waals surface area contributed by atoms with Crippen LogP contribution in [0.15, 0.2) is 29.2 Å². The van der Waals surface area contributed by atoms with E-state index in [2.05, 4.69) is 4.72 Å². The third-order valence-electron chi connectivity index (χ3n) is 4.20. The number of aryl methyl sites for hydroxylation is 1. The van der Waals surface area contributed by atoms with Crippen molar-refractivity contribution in [2.75, 3.05) is 13.7 Å². The first-order chi connectivity index (χ1) is 11.7. The predicted octanol–water partition coefficient (Wildman–Crippen LogP) is 4.45. The number of halogens is 2. The van der Waals surface area contributed by atoms with E-state index < -0.39 is 10.0 Å². The van der Waals surface area contributed by atoms with Gasteiger partial charge in [0.15, 0.2) is 0 Å². The second-order valence-corrected chi connectivity index (χ2v) is 8.34. The quantitative estimate of drug-likeness (QED) is 0.777. The molecule has 0 atom stereocenters. The van der Waals surface area contributed by atoms with Gasteiger partial charge in [-0.2, -0.15) is 0 Å². The highest BCUT2D eigenvalue weighted by Crippen LogP contribution is 2.30. The van der Waals surface area contributed by atoms with Crippen molar-refractivity contribution < 1.29 is 13.2 Å². The molecular weight excluding hydrogens is 381 g/mol. The summed E-state index contributed by atoms with van der Waals surface area (Å²) >= 11 is 12.3. The van der Waals surface area contributed by atoms with Crippen molar-refractivity contribution in [2.24, 2.45) is 0 Å². The van der Waals surface area contributed by atoms with Gasteiger partial charge in [0.05, 0.1) is 12.0 Å². The number of benzene rings is 2. The molecule has 0 aliphatic carbocycles. The highest BCUT2D eigenvalue weighted by molar-refractivity contribution is 7.89. The summed E-state index contributed by atoms with van der Waals surface area (Å²) in [6.07, 6.45) is 0.408. The second kappa shape index (κ2) is 7.96. The number of hydrogen-bond acceptors (Lipinski definition) is 3. The van der Waals surface area contributed by atoms with Gasteiger partial charge in [-0.25, -0.2) is 13.1 Å². The highest BCUT2D eigenvalue weighted by Gasteiger charge is 2.22. The Kier molecular flexibility index (Phi) is 6.38. The Hall–Kier alpha value is -1.27. The Balaban J connectivity index is 2.25. The standard InChI is InChI=1S/C18H21Cl2NO3S/c1-11-10-17(24-4)12(2)13(3)18(11)25(22,23)21-9-8-14-15(19)6-5-7-16(14)20/h5-7,10,21H,8-9H2,1-4H3. The van der Waals surface area contributed by atoms with E-state index in [0.29, 0.717) is 33.3 Å². The molecule has 0 aliphatic heterocycles. The molecule has 4 nitrogen and oxygen atoms in total. The van der Waals surface area contributed by atoms with Crippen LogP contribution in [-0.4, -0.2) is 22.1 Å². The Morgan fingerprint density at radius 2 is 1.68 bits per heavy atom. The fraction of sp³-hybridized carbons (Fsp3) is 0.333. The number of methoxy groups -OCH3 is 1. The minimum atomic E-state index is -3.66. The molecule has 2 aromatic rings. The minimum Gasteiger partial charge on any atom is -0.496 e. The summed E-state index contributed by atoms with van der Waals surface area (Å²) in [5, 5.41) is 1.05. The Morgan fingerprint density at radius 1 is 1.08 bits per heavy atom. The minimum absolute atomic E-state index is 0.204. The van der Waals surface area contributed by atoms with Crippen molar-refractivity contribution in [2.45, 2.75) is 32.1 Å². The van der Waals surface area contributed by atoms with Gasteiger partial charge in [-0.15, -0.1) is 0 Å². The van der Waals surface area contributed by atoms with Gasteiger partial charge in [0.1, 0.15) is 5.75 Å². The average Bonchev–Trinajstić information content (AvgIpc) is 2.53. The molecule has 0 saturated carbocycles. The maximum absolute atomic E-state index is 12.8. The maximum Gasteiger partial charge on any atom is 0.241 e. The topological polar surface area (TPSA) is 55.4 Å². The molecule has 0 bridgehead atoms. The van der Waals surface area contributed by atoms with E-state index in [4.69, 9.17) is 27.9 Å². The lowest BCUT2D eigenvalue weighted by Gasteiger charge is -2.17. The molecule has 0 amide bonds. The molecule has 2 aromatic carbocycles. The van der Waals surface area contributed by atoms with Crippen LogP contribution in [0, 0.1) is 20.8 Å². The zero-order valence-corrected chi connectivity index (χ0v) is 16.9. The molecule has 0 fully saturated rings. The third kappa shape index (κ3) is 4.29. The summed E-state index contributed by atoms with van der Waals surface area (Å²) in [6.45, 7) is 5.59. The molecule has 0 unspecified atom stereocenters. The summed E-state index contributed by atoms with van der Waals surface area (Å²) in [5.41, 5.74) is 2.86. The van der Waals surface area contributed by atoms with Crippen LogP contribution < -0.4 is 9.46 Å². The average molecular weight is 402 g/mol. The number of ether oxygens (including phenoxy) is 1. The number of hydrogen-bond donors (Lipinski definition) is 1. The molecule has 0 radical (unpaired) electrons. The van der Waals surface area contributed by atoms with Gasteiger partial charge >= 0.3 is 0 Å². The van der Waals surface area contributed by atoms with Gasteiger partial charge in [0.2, 0.25) is 10.0 Å². The largest absolute Gasteiger partial charge is 0.496 e. The van der Waals surface area contributed by atoms with E-state index in [0.717, 1.165) is 11.1 Å². The van der Waals surface area contributed by atoms with Gasteiger partial charge in [-0.1, -0.05) is 29.3 Å². The van der Waals surface area contributed by atoms with Crippen molar-refractivity contribution in [3.05, 3.63) is 56.6 Å². The number of sulfonamides is 1. The first kappa shape index (κ1) is 20.0. The Labute approximate surface area is 159 Å². The van der Waals surface area contributed by atoms with Crippen LogP contribution in [0.3, 0.4) is 0 Å². The van der Waals surface area contributed by atoms with Gasteiger partial charge in [0, 0.05) is 16.6 Å². The Bertz CT molecular complexity index is 875. The molecular formula is C18H21Cl2NO3S. The van der Waals surface area contributed by atoms with Gasteiger partial charge in [-0.3, -0.25) is 0 Å². The van der Waals surface area contributed by atoms with Gasteiger partial charge in [0.25, 0.3) is 0 Å². The summed E-state index contributed by atoms with van der Waals surface area (Å²) < 4.78 is 33.5. The fourth-order valence-electron chi connectivity index (χ4n) is 2.80. The third-order valence-corrected chi connectivity index (χ3v) is 6.65. The van der Waals surface area contributed by atoms with Crippen LogP contribution in [-0.2, 0) is 16.4 Å². The van der Waals surface area contributed by atoms with Crippen molar-refractivity contribution in [3.8, 4) is 5.75 Å². The van der Waals surface area contributed by atoms with Crippen molar-refractivity contribution in [1.29, 1.82) is 0 Å². The molecule has 0 aliphatic rings. The van der Waals surface area contributed by atoms with Crippen LogP contribution in [0.25, 0.3) is 0 Å². The molecule has 0 aromatic heterocycles. The van der Waals surface area contributed by atoms with E-state index in [-0.39, 0.29) is 11.4 Å². The number of nitrogens with one attached hydrogen (secondary N) is 1. The second-order valence-electron chi connectivity index (χ2n) is 5.82. The first-order valence-corrected chi connectivity index (χ1v) is 10.00. The molecule has 25 heavy (non-hydrogen) atoms. The van der Waals surface area contributed by atoms with Crippen LogP contribution in [0.4, 0.5) is 0 Å². The smallest absolute Gasteiger partial charge is 0.241 e. The van der Waals surface area contributed by atoms with Crippen LogP contribution in [0.1, 0.15) is 22.3 Å². The first-order valence-electron chi connectivity index (χ1n) is 7.76. The molecule has 0 heterocycles. The van der Waals surface area contributed by atoms with E-state index >= 15 is 0 Å². The molecule has 0 saturated heterocycles. The lowest BCUT2D eigenvalue weighted by Crippen LogP contribution is -2.27. The molecule has 7 heteroatoms. The van der Waals surface area contributed by atoms with E-state index in [1.165, 1.54) is 0 Å². The maximum atomic E-state index is 12.8. The SMILES string of the molecule is COc1cc(C)c(S(=O)(=O)NCCc2c(Cl)cccc2Cl)c(C)c1C. The van der Waals surface area contributed by atoms with Crippen molar-refractivity contribution >= 4 is 33.2 Å². The Morgan fingerprint density at radius 3 is 2.24 bits per heavy atom. The van der Waals surface area contributed by atoms with Crippen LogP contribution in [0.2, 0.25) is 10.0 Å². The summed E-state index contributed by atoms with van der Waals surface area (Å²) in [4.78, 5) is 0.288. The highest BCUT2D eigenvalue weighted by atomic mass is 35.5. The lowest BCUT2D eigenvalue weighted by molar-refractivity contribution is 0.410. The normalized spacial score (nSPS) is 11.6. The van der Waals surface area contributed by atoms with Crippen molar-refractivity contribution in [1.82, 2.24) is 4.72 Å². The monoisotopic (exact) mass is 401 g/mol. The van der Waals surface area contributed by atoms with E-state index in [9.17, 15) is 8.42 Å². The summed E-state index contributed by atoms with van der Waals surface area (Å²) in [6, 6.07) is 6.96. The molecule has 136 valence electrons. The number of rotatable bonds is 6. The van der Waals surface area contributed by atoms with Crippen molar-refractivity contribution in [3.63, 3.8) is 0 Å².